The molecule has 0 aliphatic rings. The van der Waals surface area contributed by atoms with Gasteiger partial charge in [0, 0.05) is 30.6 Å². The van der Waals surface area contributed by atoms with E-state index in [4.69, 9.17) is 14.2 Å². The summed E-state index contributed by atoms with van der Waals surface area (Å²) in [4.78, 5) is 11.9. The number of fused-ring (bicyclic) bond motifs is 1. The van der Waals surface area contributed by atoms with E-state index in [0.29, 0.717) is 32.1 Å². The predicted octanol–water partition coefficient (Wildman–Crippen LogP) is 4.01. The van der Waals surface area contributed by atoms with Crippen molar-refractivity contribution in [3.8, 4) is 17.2 Å². The zero-order chi connectivity index (χ0) is 22.4. The van der Waals surface area contributed by atoms with E-state index in [2.05, 4.69) is 5.32 Å². The summed E-state index contributed by atoms with van der Waals surface area (Å²) >= 11 is 0. The third-order valence-electron chi connectivity index (χ3n) is 5.22. The van der Waals surface area contributed by atoms with Gasteiger partial charge in [0.15, 0.2) is 11.5 Å². The average Bonchev–Trinajstić information content (AvgIpc) is 3.04. The lowest BCUT2D eigenvalue weighted by atomic mass is 10.1. The number of aromatic nitrogens is 1. The Morgan fingerprint density at radius 1 is 1.06 bits per heavy atom. The van der Waals surface area contributed by atoms with Crippen LogP contribution in [-0.2, 0) is 20.0 Å². The van der Waals surface area contributed by atoms with E-state index >= 15 is 0 Å². The van der Waals surface area contributed by atoms with Crippen LogP contribution in [0.3, 0.4) is 0 Å². The molecule has 0 fully saturated rings. The molecule has 0 radical (unpaired) electrons. The SMILES string of the molecule is CCOc1ccc(CCNCc2c(C(=O)O)n(C)c3cc(OC)ccc23)cc1OCC. The van der Waals surface area contributed by atoms with Crippen LogP contribution in [0.25, 0.3) is 10.9 Å². The van der Waals surface area contributed by atoms with Gasteiger partial charge in [-0.05, 0) is 56.6 Å². The summed E-state index contributed by atoms with van der Waals surface area (Å²) < 4.78 is 18.3. The lowest BCUT2D eigenvalue weighted by Gasteiger charge is -2.13. The molecule has 0 atom stereocenters. The predicted molar refractivity (Wildman–Crippen MR) is 121 cm³/mol. The molecular weight excluding hydrogens is 396 g/mol. The fourth-order valence-corrected chi connectivity index (χ4v) is 3.77. The summed E-state index contributed by atoms with van der Waals surface area (Å²) in [6.45, 7) is 6.22. The number of carboxylic acids is 1. The molecule has 0 bridgehead atoms. The molecule has 166 valence electrons. The third kappa shape index (κ3) is 4.94. The van der Waals surface area contributed by atoms with Crippen LogP contribution >= 0.6 is 0 Å². The number of rotatable bonds is 11. The number of hydrogen-bond donors (Lipinski definition) is 2. The van der Waals surface area contributed by atoms with E-state index < -0.39 is 5.97 Å². The second-order valence-corrected chi connectivity index (χ2v) is 7.15. The van der Waals surface area contributed by atoms with Crippen LogP contribution in [0.2, 0.25) is 0 Å². The van der Waals surface area contributed by atoms with Gasteiger partial charge in [0.25, 0.3) is 0 Å². The molecule has 0 unspecified atom stereocenters. The molecule has 7 heteroatoms. The van der Waals surface area contributed by atoms with Crippen molar-refractivity contribution >= 4 is 16.9 Å². The minimum Gasteiger partial charge on any atom is -0.497 e. The minimum atomic E-state index is -0.942. The van der Waals surface area contributed by atoms with Crippen LogP contribution in [0.15, 0.2) is 36.4 Å². The normalized spacial score (nSPS) is 11.0. The quantitative estimate of drug-likeness (QED) is 0.451. The Morgan fingerprint density at radius 2 is 1.81 bits per heavy atom. The summed E-state index contributed by atoms with van der Waals surface area (Å²) in [5, 5.41) is 14.1. The Kier molecular flexibility index (Phi) is 7.41. The Bertz CT molecular complexity index is 1060. The molecule has 7 nitrogen and oxygen atoms in total. The Balaban J connectivity index is 1.73. The Morgan fingerprint density at radius 3 is 2.48 bits per heavy atom. The van der Waals surface area contributed by atoms with Crippen molar-refractivity contribution in [1.82, 2.24) is 9.88 Å². The van der Waals surface area contributed by atoms with Crippen LogP contribution in [0.4, 0.5) is 0 Å². The highest BCUT2D eigenvalue weighted by molar-refractivity contribution is 5.98. The number of benzene rings is 2. The number of hydrogen-bond acceptors (Lipinski definition) is 5. The van der Waals surface area contributed by atoms with Crippen LogP contribution < -0.4 is 19.5 Å². The van der Waals surface area contributed by atoms with E-state index in [-0.39, 0.29) is 5.69 Å². The zero-order valence-electron chi connectivity index (χ0n) is 18.5. The van der Waals surface area contributed by atoms with E-state index in [1.807, 2.05) is 50.2 Å². The molecule has 0 saturated carbocycles. The van der Waals surface area contributed by atoms with Crippen LogP contribution in [-0.4, -0.2) is 42.5 Å². The fourth-order valence-electron chi connectivity index (χ4n) is 3.77. The first kappa shape index (κ1) is 22.5. The number of ether oxygens (including phenoxy) is 3. The van der Waals surface area contributed by atoms with Crippen molar-refractivity contribution in [3.05, 3.63) is 53.2 Å². The van der Waals surface area contributed by atoms with E-state index in [1.54, 1.807) is 18.7 Å². The summed E-state index contributed by atoms with van der Waals surface area (Å²) in [7, 11) is 3.37. The van der Waals surface area contributed by atoms with E-state index in [1.165, 1.54) is 0 Å². The third-order valence-corrected chi connectivity index (χ3v) is 5.22. The lowest BCUT2D eigenvalue weighted by Crippen LogP contribution is -2.19. The number of carboxylic acid groups (broad SMARTS) is 1. The van der Waals surface area contributed by atoms with Crippen molar-refractivity contribution in [3.63, 3.8) is 0 Å². The standard InChI is InChI=1S/C24H30N2O5/c1-5-30-21-10-7-16(13-22(21)31-6-2)11-12-25-15-19-18-9-8-17(29-4)14-20(18)26(3)23(19)24(27)28/h7-10,13-14,25H,5-6,11-12,15H2,1-4H3,(H,27,28). The van der Waals surface area contributed by atoms with Crippen molar-refractivity contribution in [2.24, 2.45) is 7.05 Å². The number of nitrogens with one attached hydrogen (secondary N) is 1. The van der Waals surface area contributed by atoms with Gasteiger partial charge < -0.3 is 29.2 Å². The maximum Gasteiger partial charge on any atom is 0.352 e. The van der Waals surface area contributed by atoms with Crippen LogP contribution in [0, 0.1) is 0 Å². The number of nitrogens with zero attached hydrogens (tertiary/aromatic N) is 1. The molecule has 3 aromatic rings. The zero-order valence-corrected chi connectivity index (χ0v) is 18.5. The summed E-state index contributed by atoms with van der Waals surface area (Å²) in [5.41, 5.74) is 3.02. The van der Waals surface area contributed by atoms with Gasteiger partial charge in [-0.15, -0.1) is 0 Å². The molecule has 2 N–H and O–H groups in total. The van der Waals surface area contributed by atoms with Crippen LogP contribution in [0.5, 0.6) is 17.2 Å². The molecule has 0 amide bonds. The highest BCUT2D eigenvalue weighted by Crippen LogP contribution is 2.30. The highest BCUT2D eigenvalue weighted by atomic mass is 16.5. The van der Waals surface area contributed by atoms with Gasteiger partial charge in [-0.2, -0.15) is 0 Å². The van der Waals surface area contributed by atoms with Gasteiger partial charge in [-0.1, -0.05) is 6.07 Å². The highest BCUT2D eigenvalue weighted by Gasteiger charge is 2.20. The van der Waals surface area contributed by atoms with Crippen LogP contribution in [0.1, 0.15) is 35.5 Å². The topological polar surface area (TPSA) is 82.0 Å². The number of methoxy groups -OCH3 is 1. The van der Waals surface area contributed by atoms with Gasteiger partial charge >= 0.3 is 5.97 Å². The van der Waals surface area contributed by atoms with Gasteiger partial charge in [-0.3, -0.25) is 0 Å². The second-order valence-electron chi connectivity index (χ2n) is 7.15. The first-order valence-electron chi connectivity index (χ1n) is 10.5. The van der Waals surface area contributed by atoms with Crippen molar-refractivity contribution < 1.29 is 24.1 Å². The number of carbonyl (C=O) groups is 1. The van der Waals surface area contributed by atoms with Gasteiger partial charge in [0.1, 0.15) is 11.4 Å². The first-order valence-corrected chi connectivity index (χ1v) is 10.5. The van der Waals surface area contributed by atoms with Gasteiger partial charge in [0.2, 0.25) is 0 Å². The molecule has 1 aromatic heterocycles. The molecule has 0 saturated heterocycles. The maximum atomic E-state index is 11.9. The van der Waals surface area contributed by atoms with Gasteiger partial charge in [-0.25, -0.2) is 4.79 Å². The number of aromatic carboxylic acids is 1. The lowest BCUT2D eigenvalue weighted by molar-refractivity contribution is 0.0685. The summed E-state index contributed by atoms with van der Waals surface area (Å²) in [5.74, 6) is 1.25. The minimum absolute atomic E-state index is 0.287. The van der Waals surface area contributed by atoms with Crippen molar-refractivity contribution in [1.29, 1.82) is 0 Å². The number of aryl methyl sites for hydroxylation is 1. The molecular formula is C24H30N2O5. The Labute approximate surface area is 182 Å². The molecule has 31 heavy (non-hydrogen) atoms. The van der Waals surface area contributed by atoms with E-state index in [9.17, 15) is 9.90 Å². The van der Waals surface area contributed by atoms with Crippen molar-refractivity contribution in [2.45, 2.75) is 26.8 Å². The molecule has 3 rings (SSSR count). The maximum absolute atomic E-state index is 11.9. The van der Waals surface area contributed by atoms with E-state index in [0.717, 1.165) is 39.9 Å². The molecule has 1 heterocycles. The molecule has 0 aliphatic carbocycles. The smallest absolute Gasteiger partial charge is 0.352 e. The largest absolute Gasteiger partial charge is 0.497 e. The summed E-state index contributed by atoms with van der Waals surface area (Å²) in [6.07, 6.45) is 0.785. The fraction of sp³-hybridized carbons (Fsp3) is 0.375. The molecule has 0 aliphatic heterocycles. The monoisotopic (exact) mass is 426 g/mol. The van der Waals surface area contributed by atoms with Gasteiger partial charge in [0.05, 0.1) is 25.8 Å². The molecule has 0 spiro atoms. The average molecular weight is 427 g/mol. The molecule has 2 aromatic carbocycles. The second kappa shape index (κ2) is 10.2. The first-order chi connectivity index (χ1) is 15.0. The Hall–Kier alpha value is -3.19. The summed E-state index contributed by atoms with van der Waals surface area (Å²) in [6, 6.07) is 11.6. The van der Waals surface area contributed by atoms with Crippen molar-refractivity contribution in [2.75, 3.05) is 26.9 Å².